The Labute approximate surface area is 167 Å². The molecule has 150 valence electrons. The number of halogens is 1. The molecule has 0 saturated carbocycles. The van der Waals surface area contributed by atoms with Crippen molar-refractivity contribution < 1.29 is 23.5 Å². The molecule has 0 aliphatic carbocycles. The van der Waals surface area contributed by atoms with Crippen molar-refractivity contribution >= 4 is 23.6 Å². The molecule has 0 radical (unpaired) electrons. The Bertz CT molecular complexity index is 953. The maximum atomic E-state index is 13.5. The van der Waals surface area contributed by atoms with Crippen LogP contribution in [0.1, 0.15) is 18.4 Å². The van der Waals surface area contributed by atoms with Gasteiger partial charge < -0.3 is 14.8 Å². The summed E-state index contributed by atoms with van der Waals surface area (Å²) in [5, 5.41) is 2.83. The molecule has 0 bridgehead atoms. The first-order valence-electron chi connectivity index (χ1n) is 9.54. The zero-order valence-corrected chi connectivity index (χ0v) is 15.8. The van der Waals surface area contributed by atoms with Crippen molar-refractivity contribution in [2.45, 2.75) is 18.9 Å². The van der Waals surface area contributed by atoms with E-state index in [-0.39, 0.29) is 24.3 Å². The van der Waals surface area contributed by atoms with Gasteiger partial charge in [-0.1, -0.05) is 24.3 Å². The lowest BCUT2D eigenvalue weighted by molar-refractivity contribution is -0.123. The number of fused-ring (bicyclic) bond motifs is 1. The van der Waals surface area contributed by atoms with Gasteiger partial charge in [-0.25, -0.2) is 4.39 Å². The fourth-order valence-corrected chi connectivity index (χ4v) is 3.40. The molecule has 6 nitrogen and oxygen atoms in total. The summed E-state index contributed by atoms with van der Waals surface area (Å²) in [4.78, 5) is 26.8. The third kappa shape index (κ3) is 4.46. The highest BCUT2D eigenvalue weighted by atomic mass is 19.1. The molecule has 2 aromatic carbocycles. The molecule has 0 unspecified atom stereocenters. The number of anilines is 1. The Morgan fingerprint density at radius 2 is 2.10 bits per heavy atom. The highest BCUT2D eigenvalue weighted by Gasteiger charge is 2.31. The summed E-state index contributed by atoms with van der Waals surface area (Å²) in [6, 6.07) is 12.9. The zero-order chi connectivity index (χ0) is 20.2. The van der Waals surface area contributed by atoms with E-state index in [1.807, 2.05) is 0 Å². The van der Waals surface area contributed by atoms with Crippen molar-refractivity contribution in [3.8, 4) is 5.75 Å². The van der Waals surface area contributed by atoms with Crippen molar-refractivity contribution in [3.05, 3.63) is 65.7 Å². The van der Waals surface area contributed by atoms with Crippen LogP contribution in [0.4, 0.5) is 10.1 Å². The number of carbonyl (C=O) groups excluding carboxylic acids is 2. The van der Waals surface area contributed by atoms with Crippen molar-refractivity contribution in [1.82, 2.24) is 5.32 Å². The van der Waals surface area contributed by atoms with Gasteiger partial charge >= 0.3 is 0 Å². The zero-order valence-electron chi connectivity index (χ0n) is 15.8. The van der Waals surface area contributed by atoms with Gasteiger partial charge in [0.15, 0.2) is 11.5 Å². The molecule has 4 rings (SSSR count). The van der Waals surface area contributed by atoms with Crippen molar-refractivity contribution in [2.75, 3.05) is 24.6 Å². The summed E-state index contributed by atoms with van der Waals surface area (Å²) in [7, 11) is 0. The molecule has 7 heteroatoms. The minimum absolute atomic E-state index is 0.0232. The number of amides is 2. The molecule has 29 heavy (non-hydrogen) atoms. The Hall–Kier alpha value is -3.19. The second-order valence-corrected chi connectivity index (χ2v) is 6.96. The fraction of sp³-hybridized carbons (Fsp3) is 0.273. The summed E-state index contributed by atoms with van der Waals surface area (Å²) >= 11 is 0. The lowest BCUT2D eigenvalue weighted by atomic mass is 10.1. The van der Waals surface area contributed by atoms with Crippen LogP contribution in [0.5, 0.6) is 5.75 Å². The minimum Gasteiger partial charge on any atom is -0.449 e. The topological polar surface area (TPSA) is 67.9 Å². The minimum atomic E-state index is -0.458. The van der Waals surface area contributed by atoms with E-state index in [4.69, 9.17) is 9.47 Å². The Morgan fingerprint density at radius 1 is 1.24 bits per heavy atom. The van der Waals surface area contributed by atoms with Crippen LogP contribution in [0.2, 0.25) is 0 Å². The normalized spacial score (nSPS) is 19.8. The van der Waals surface area contributed by atoms with E-state index in [1.54, 1.807) is 36.4 Å². The number of benzene rings is 2. The lowest BCUT2D eigenvalue weighted by Crippen LogP contribution is -2.45. The van der Waals surface area contributed by atoms with Crippen molar-refractivity contribution in [1.29, 1.82) is 0 Å². The first kappa shape index (κ1) is 19.1. The standard InChI is InChI=1S/C22H21FN2O4/c23-16-6-3-5-15(11-16)12-20-22(27)25(18-8-1-2-9-19(18)29-20)14-21(26)24-13-17-7-4-10-28-17/h1-3,5-6,8-9,11-12,17H,4,7,10,13-14H2,(H,24,26)/b20-12+/t17-/m0/s1. The molecule has 2 aliphatic heterocycles. The highest BCUT2D eigenvalue weighted by molar-refractivity contribution is 6.12. The Kier molecular flexibility index (Phi) is 5.57. The number of ether oxygens (including phenoxy) is 2. The molecule has 2 amide bonds. The fourth-order valence-electron chi connectivity index (χ4n) is 3.40. The van der Waals surface area contributed by atoms with Crippen LogP contribution in [0.25, 0.3) is 6.08 Å². The molecule has 0 aromatic heterocycles. The maximum absolute atomic E-state index is 13.5. The first-order valence-corrected chi connectivity index (χ1v) is 9.54. The van der Waals surface area contributed by atoms with Crippen LogP contribution in [-0.2, 0) is 14.3 Å². The number of nitrogens with zero attached hydrogens (tertiary/aromatic N) is 1. The third-order valence-electron chi connectivity index (χ3n) is 4.83. The quantitative estimate of drug-likeness (QED) is 0.790. The number of nitrogens with one attached hydrogen (secondary N) is 1. The van der Waals surface area contributed by atoms with E-state index in [0.29, 0.717) is 30.2 Å². The van der Waals surface area contributed by atoms with Crippen molar-refractivity contribution in [2.24, 2.45) is 0 Å². The molecule has 2 heterocycles. The van der Waals surface area contributed by atoms with Crippen LogP contribution in [-0.4, -0.2) is 37.6 Å². The second-order valence-electron chi connectivity index (χ2n) is 6.96. The van der Waals surface area contributed by atoms with Gasteiger partial charge in [-0.3, -0.25) is 14.5 Å². The largest absolute Gasteiger partial charge is 0.449 e. The number of hydrogen-bond donors (Lipinski definition) is 1. The molecule has 1 atom stereocenters. The molecular formula is C22H21FN2O4. The number of rotatable bonds is 5. The Balaban J connectivity index is 1.54. The second kappa shape index (κ2) is 8.45. The third-order valence-corrected chi connectivity index (χ3v) is 4.83. The molecule has 0 spiro atoms. The van der Waals surface area contributed by atoms with Gasteiger partial charge in [-0.05, 0) is 48.7 Å². The van der Waals surface area contributed by atoms with E-state index < -0.39 is 11.7 Å². The summed E-state index contributed by atoms with van der Waals surface area (Å²) in [5.74, 6) is -0.660. The van der Waals surface area contributed by atoms with E-state index in [2.05, 4.69) is 5.32 Å². The number of carbonyl (C=O) groups is 2. The first-order chi connectivity index (χ1) is 14.1. The van der Waals surface area contributed by atoms with Crippen LogP contribution >= 0.6 is 0 Å². The average Bonchev–Trinajstić information content (AvgIpc) is 3.23. The van der Waals surface area contributed by atoms with E-state index in [1.165, 1.54) is 23.1 Å². The number of hydrogen-bond acceptors (Lipinski definition) is 4. The van der Waals surface area contributed by atoms with E-state index in [9.17, 15) is 14.0 Å². The predicted octanol–water partition coefficient (Wildman–Crippen LogP) is 2.89. The van der Waals surface area contributed by atoms with Crippen LogP contribution in [0.15, 0.2) is 54.3 Å². The predicted molar refractivity (Wildman–Crippen MR) is 106 cm³/mol. The van der Waals surface area contributed by atoms with E-state index in [0.717, 1.165) is 12.8 Å². The molecule has 1 fully saturated rings. The maximum Gasteiger partial charge on any atom is 0.294 e. The van der Waals surface area contributed by atoms with Gasteiger partial charge in [0.25, 0.3) is 5.91 Å². The van der Waals surface area contributed by atoms with Gasteiger partial charge in [0.2, 0.25) is 5.91 Å². The summed E-state index contributed by atoms with van der Waals surface area (Å²) < 4.78 is 24.7. The van der Waals surface area contributed by atoms with Crippen LogP contribution in [0, 0.1) is 5.82 Å². The molecule has 2 aliphatic rings. The monoisotopic (exact) mass is 396 g/mol. The molecule has 1 saturated heterocycles. The molecular weight excluding hydrogens is 375 g/mol. The van der Waals surface area contributed by atoms with Gasteiger partial charge in [0, 0.05) is 13.2 Å². The number of para-hydroxylation sites is 2. The highest BCUT2D eigenvalue weighted by Crippen LogP contribution is 2.35. The van der Waals surface area contributed by atoms with Gasteiger partial charge in [0.1, 0.15) is 12.4 Å². The molecule has 1 N–H and O–H groups in total. The van der Waals surface area contributed by atoms with Gasteiger partial charge in [0.05, 0.1) is 11.8 Å². The van der Waals surface area contributed by atoms with Crippen molar-refractivity contribution in [3.63, 3.8) is 0 Å². The molecule has 2 aromatic rings. The SMILES string of the molecule is O=C(CN1C(=O)/C(=C\c2cccc(F)c2)Oc2ccccc21)NC[C@@H]1CCCO1. The lowest BCUT2D eigenvalue weighted by Gasteiger charge is -2.30. The van der Waals surface area contributed by atoms with Crippen LogP contribution in [0.3, 0.4) is 0 Å². The van der Waals surface area contributed by atoms with E-state index >= 15 is 0 Å². The summed E-state index contributed by atoms with van der Waals surface area (Å²) in [6.45, 7) is 0.988. The average molecular weight is 396 g/mol. The summed E-state index contributed by atoms with van der Waals surface area (Å²) in [6.07, 6.45) is 3.40. The van der Waals surface area contributed by atoms with Crippen LogP contribution < -0.4 is 15.0 Å². The summed E-state index contributed by atoms with van der Waals surface area (Å²) in [5.41, 5.74) is 1.01. The van der Waals surface area contributed by atoms with Gasteiger partial charge in [-0.2, -0.15) is 0 Å². The van der Waals surface area contributed by atoms with Gasteiger partial charge in [-0.15, -0.1) is 0 Å². The smallest absolute Gasteiger partial charge is 0.294 e. The Morgan fingerprint density at radius 3 is 2.90 bits per heavy atom.